The zero-order valence-electron chi connectivity index (χ0n) is 7.40. The van der Waals surface area contributed by atoms with Gasteiger partial charge in [-0.3, -0.25) is 9.59 Å². The summed E-state index contributed by atoms with van der Waals surface area (Å²) in [5.41, 5.74) is 0. The largest absolute Gasteiger partial charge is 0.481 e. The Balaban J connectivity index is 1.71. The molecule has 1 aliphatic heterocycles. The first kappa shape index (κ1) is 8.53. The van der Waals surface area contributed by atoms with Crippen molar-refractivity contribution in [3.05, 3.63) is 0 Å². The minimum atomic E-state index is -0.781. The van der Waals surface area contributed by atoms with Crippen molar-refractivity contribution in [3.8, 4) is 0 Å². The normalized spacial score (nSPS) is 30.5. The zero-order chi connectivity index (χ0) is 9.42. The third kappa shape index (κ3) is 1.66. The number of carboxylic acid groups (broad SMARTS) is 1. The Bertz CT molecular complexity index is 251. The summed E-state index contributed by atoms with van der Waals surface area (Å²) in [6.07, 6.45) is 1.81. The number of likely N-dealkylation sites (tertiary alicyclic amines) is 1. The summed E-state index contributed by atoms with van der Waals surface area (Å²) in [7, 11) is 0. The number of amides is 1. The first-order valence-electron chi connectivity index (χ1n) is 4.69. The van der Waals surface area contributed by atoms with Crippen molar-refractivity contribution in [3.63, 3.8) is 0 Å². The molecule has 72 valence electrons. The molecular formula is C9H13NO3. The van der Waals surface area contributed by atoms with Crippen molar-refractivity contribution < 1.29 is 14.7 Å². The van der Waals surface area contributed by atoms with Crippen molar-refractivity contribution in [2.75, 3.05) is 13.1 Å². The molecule has 1 aliphatic carbocycles. The summed E-state index contributed by atoms with van der Waals surface area (Å²) < 4.78 is 0. The molecule has 0 spiro atoms. The molecule has 2 fully saturated rings. The molecule has 2 unspecified atom stereocenters. The van der Waals surface area contributed by atoms with Gasteiger partial charge in [-0.2, -0.15) is 0 Å². The maximum absolute atomic E-state index is 11.4. The molecule has 0 radical (unpaired) electrons. The Labute approximate surface area is 76.5 Å². The molecule has 13 heavy (non-hydrogen) atoms. The van der Waals surface area contributed by atoms with Crippen LogP contribution in [-0.4, -0.2) is 35.0 Å². The molecule has 2 atom stereocenters. The summed E-state index contributed by atoms with van der Waals surface area (Å²) in [5.74, 6) is 0.356. The highest BCUT2D eigenvalue weighted by atomic mass is 16.4. The number of rotatable bonds is 4. The van der Waals surface area contributed by atoms with Gasteiger partial charge >= 0.3 is 5.97 Å². The maximum Gasteiger partial charge on any atom is 0.303 e. The highest BCUT2D eigenvalue weighted by Crippen LogP contribution is 2.45. The van der Waals surface area contributed by atoms with E-state index in [1.807, 2.05) is 4.90 Å². The first-order valence-corrected chi connectivity index (χ1v) is 4.69. The lowest BCUT2D eigenvalue weighted by Gasteiger charge is -2.16. The highest BCUT2D eigenvalue weighted by molar-refractivity contribution is 5.84. The molecule has 0 aromatic carbocycles. The molecule has 2 rings (SSSR count). The average Bonchev–Trinajstić information content (AvgIpc) is 2.74. The van der Waals surface area contributed by atoms with E-state index in [0.717, 1.165) is 13.0 Å². The van der Waals surface area contributed by atoms with Gasteiger partial charge in [-0.15, -0.1) is 0 Å². The van der Waals surface area contributed by atoms with E-state index >= 15 is 0 Å². The number of nitrogens with zero attached hydrogens (tertiary/aromatic N) is 1. The van der Waals surface area contributed by atoms with Crippen LogP contribution < -0.4 is 0 Å². The molecule has 4 nitrogen and oxygen atoms in total. The molecular weight excluding hydrogens is 170 g/mol. The molecule has 1 heterocycles. The first-order chi connectivity index (χ1) is 6.18. The number of hydrogen-bond acceptors (Lipinski definition) is 2. The third-order valence-electron chi connectivity index (χ3n) is 2.83. The number of carbonyl (C=O) groups excluding carboxylic acids is 1. The number of fused-ring (bicyclic) bond motifs is 1. The second-order valence-corrected chi connectivity index (χ2v) is 3.88. The molecule has 4 heteroatoms. The van der Waals surface area contributed by atoms with Crippen molar-refractivity contribution in [1.29, 1.82) is 0 Å². The highest BCUT2D eigenvalue weighted by Gasteiger charge is 2.51. The molecule has 0 bridgehead atoms. The SMILES string of the molecule is O=C(O)CCCN1CC2CC2C1=O. The van der Waals surface area contributed by atoms with Crippen LogP contribution >= 0.6 is 0 Å². The van der Waals surface area contributed by atoms with Crippen LogP contribution in [0, 0.1) is 11.8 Å². The molecule has 0 aromatic heterocycles. The Morgan fingerprint density at radius 2 is 2.38 bits per heavy atom. The second-order valence-electron chi connectivity index (χ2n) is 3.88. The third-order valence-corrected chi connectivity index (χ3v) is 2.83. The van der Waals surface area contributed by atoms with Crippen LogP contribution in [0.3, 0.4) is 0 Å². The van der Waals surface area contributed by atoms with Gasteiger partial charge in [-0.05, 0) is 18.8 Å². The molecule has 2 aliphatic rings. The lowest BCUT2D eigenvalue weighted by molar-refractivity contribution is -0.138. The quantitative estimate of drug-likeness (QED) is 0.683. The molecule has 1 saturated heterocycles. The smallest absolute Gasteiger partial charge is 0.303 e. The van der Waals surface area contributed by atoms with Gasteiger partial charge in [0.2, 0.25) is 5.91 Å². The predicted octanol–water partition coefficient (Wildman–Crippen LogP) is 0.330. The summed E-state index contributed by atoms with van der Waals surface area (Å²) in [4.78, 5) is 23.4. The monoisotopic (exact) mass is 183 g/mol. The maximum atomic E-state index is 11.4. The Hall–Kier alpha value is -1.06. The minimum Gasteiger partial charge on any atom is -0.481 e. The van der Waals surface area contributed by atoms with Crippen LogP contribution in [0.15, 0.2) is 0 Å². The molecule has 1 saturated carbocycles. The van der Waals surface area contributed by atoms with Gasteiger partial charge in [0.1, 0.15) is 0 Å². The van der Waals surface area contributed by atoms with Gasteiger partial charge in [0, 0.05) is 25.4 Å². The van der Waals surface area contributed by atoms with Gasteiger partial charge in [0.15, 0.2) is 0 Å². The standard InChI is InChI=1S/C9H13NO3/c11-8(12)2-1-3-10-5-6-4-7(6)9(10)13/h6-7H,1-5H2,(H,11,12). The lowest BCUT2D eigenvalue weighted by Crippen LogP contribution is -2.29. The van der Waals surface area contributed by atoms with E-state index in [1.165, 1.54) is 0 Å². The van der Waals surface area contributed by atoms with Crippen LogP contribution in [0.25, 0.3) is 0 Å². The van der Waals surface area contributed by atoms with Crippen LogP contribution in [0.4, 0.5) is 0 Å². The van der Waals surface area contributed by atoms with E-state index in [9.17, 15) is 9.59 Å². The van der Waals surface area contributed by atoms with E-state index in [0.29, 0.717) is 24.8 Å². The molecule has 1 N–H and O–H groups in total. The van der Waals surface area contributed by atoms with Crippen molar-refractivity contribution >= 4 is 11.9 Å². The molecule has 0 aromatic rings. The Kier molecular flexibility index (Phi) is 1.98. The predicted molar refractivity (Wildman–Crippen MR) is 45.0 cm³/mol. The van der Waals surface area contributed by atoms with E-state index in [1.54, 1.807) is 0 Å². The van der Waals surface area contributed by atoms with E-state index in [2.05, 4.69) is 0 Å². The fourth-order valence-electron chi connectivity index (χ4n) is 1.98. The van der Waals surface area contributed by atoms with Crippen molar-refractivity contribution in [1.82, 2.24) is 4.90 Å². The summed E-state index contributed by atoms with van der Waals surface area (Å²) in [6, 6.07) is 0. The number of carboxylic acids is 1. The van der Waals surface area contributed by atoms with Gasteiger partial charge in [-0.1, -0.05) is 0 Å². The number of aliphatic carboxylic acids is 1. The number of carbonyl (C=O) groups is 2. The second kappa shape index (κ2) is 3.01. The van der Waals surface area contributed by atoms with Crippen LogP contribution in [0.2, 0.25) is 0 Å². The molecule has 1 amide bonds. The summed E-state index contributed by atoms with van der Waals surface area (Å²) >= 11 is 0. The van der Waals surface area contributed by atoms with Crippen molar-refractivity contribution in [2.24, 2.45) is 11.8 Å². The Morgan fingerprint density at radius 3 is 2.92 bits per heavy atom. The van der Waals surface area contributed by atoms with E-state index in [-0.39, 0.29) is 12.3 Å². The van der Waals surface area contributed by atoms with Gasteiger partial charge in [0.05, 0.1) is 0 Å². The van der Waals surface area contributed by atoms with Crippen molar-refractivity contribution in [2.45, 2.75) is 19.3 Å². The van der Waals surface area contributed by atoms with E-state index < -0.39 is 5.97 Å². The summed E-state index contributed by atoms with van der Waals surface area (Å²) in [5, 5.41) is 8.41. The minimum absolute atomic E-state index is 0.166. The number of hydrogen-bond donors (Lipinski definition) is 1. The topological polar surface area (TPSA) is 57.6 Å². The zero-order valence-corrected chi connectivity index (χ0v) is 7.40. The van der Waals surface area contributed by atoms with Crippen LogP contribution in [0.5, 0.6) is 0 Å². The van der Waals surface area contributed by atoms with Crippen LogP contribution in [0.1, 0.15) is 19.3 Å². The fourth-order valence-corrected chi connectivity index (χ4v) is 1.98. The van der Waals surface area contributed by atoms with E-state index in [4.69, 9.17) is 5.11 Å². The van der Waals surface area contributed by atoms with Crippen LogP contribution in [-0.2, 0) is 9.59 Å². The lowest BCUT2D eigenvalue weighted by atomic mass is 10.3. The summed E-state index contributed by atoms with van der Waals surface area (Å²) in [6.45, 7) is 1.49. The number of piperidine rings is 1. The van der Waals surface area contributed by atoms with Gasteiger partial charge in [-0.25, -0.2) is 0 Å². The van der Waals surface area contributed by atoms with Gasteiger partial charge in [0.25, 0.3) is 0 Å². The average molecular weight is 183 g/mol. The fraction of sp³-hybridized carbons (Fsp3) is 0.778. The Morgan fingerprint density at radius 1 is 1.62 bits per heavy atom. The van der Waals surface area contributed by atoms with Gasteiger partial charge < -0.3 is 10.0 Å².